The van der Waals surface area contributed by atoms with Gasteiger partial charge in [-0.15, -0.1) is 0 Å². The van der Waals surface area contributed by atoms with E-state index in [1.165, 1.54) is 0 Å². The largest absolute Gasteiger partial charge is 0.253 e. The van der Waals surface area contributed by atoms with E-state index in [9.17, 15) is 0 Å². The first-order chi connectivity index (χ1) is 9.31. The Kier molecular flexibility index (Phi) is 3.44. The fourth-order valence-corrected chi connectivity index (χ4v) is 2.68. The highest BCUT2D eigenvalue weighted by Crippen LogP contribution is 2.25. The predicted octanol–water partition coefficient (Wildman–Crippen LogP) is 4.40. The van der Waals surface area contributed by atoms with Crippen LogP contribution in [0.1, 0.15) is 5.56 Å². The molecule has 19 heavy (non-hydrogen) atoms. The Bertz CT molecular complexity index is 703. The van der Waals surface area contributed by atoms with Crippen molar-refractivity contribution >= 4 is 44.5 Å². The Balaban J connectivity index is 1.75. The Hall–Kier alpha value is -1.91. The lowest BCUT2D eigenvalue weighted by atomic mass is 10.2. The molecule has 3 rings (SSSR count). The van der Waals surface area contributed by atoms with Crippen LogP contribution in [-0.4, -0.2) is 11.2 Å². The Labute approximate surface area is 119 Å². The van der Waals surface area contributed by atoms with E-state index in [2.05, 4.69) is 15.5 Å². The van der Waals surface area contributed by atoms with Crippen molar-refractivity contribution in [3.63, 3.8) is 0 Å². The van der Waals surface area contributed by atoms with Crippen molar-refractivity contribution < 1.29 is 0 Å². The highest BCUT2D eigenvalue weighted by molar-refractivity contribution is 7.22. The molecule has 0 spiro atoms. The summed E-state index contributed by atoms with van der Waals surface area (Å²) in [6.45, 7) is 0. The monoisotopic (exact) mass is 287 g/mol. The summed E-state index contributed by atoms with van der Waals surface area (Å²) in [6.07, 6.45) is 1.72. The Morgan fingerprint density at radius 3 is 2.89 bits per heavy atom. The summed E-state index contributed by atoms with van der Waals surface area (Å²) < 4.78 is 1.14. The summed E-state index contributed by atoms with van der Waals surface area (Å²) >= 11 is 7.48. The van der Waals surface area contributed by atoms with Crippen LogP contribution in [0, 0.1) is 0 Å². The molecule has 0 unspecified atom stereocenters. The van der Waals surface area contributed by atoms with Gasteiger partial charge in [0, 0.05) is 5.02 Å². The van der Waals surface area contributed by atoms with Gasteiger partial charge in [0.1, 0.15) is 0 Å². The topological polar surface area (TPSA) is 37.3 Å². The first kappa shape index (κ1) is 12.1. The third-order valence-electron chi connectivity index (χ3n) is 2.52. The van der Waals surface area contributed by atoms with Gasteiger partial charge >= 0.3 is 0 Å². The van der Waals surface area contributed by atoms with E-state index in [0.717, 1.165) is 20.9 Å². The van der Waals surface area contributed by atoms with Gasteiger partial charge in [0.05, 0.1) is 16.4 Å². The SMILES string of the molecule is Clc1cccc(C=NNc2nc3ccccc3s2)c1. The van der Waals surface area contributed by atoms with Crippen LogP contribution in [-0.2, 0) is 0 Å². The summed E-state index contributed by atoms with van der Waals surface area (Å²) in [4.78, 5) is 4.43. The maximum Gasteiger partial charge on any atom is 0.204 e. The molecule has 0 radical (unpaired) electrons. The van der Waals surface area contributed by atoms with Gasteiger partial charge in [-0.2, -0.15) is 5.10 Å². The fourth-order valence-electron chi connectivity index (χ4n) is 1.67. The third kappa shape index (κ3) is 2.92. The van der Waals surface area contributed by atoms with Crippen LogP contribution in [0.5, 0.6) is 0 Å². The zero-order valence-electron chi connectivity index (χ0n) is 9.88. The molecular formula is C14H10ClN3S. The minimum Gasteiger partial charge on any atom is -0.253 e. The standard InChI is InChI=1S/C14H10ClN3S/c15-11-5-3-4-10(8-11)9-16-18-14-17-12-6-1-2-7-13(12)19-14/h1-9H,(H,17,18). The van der Waals surface area contributed by atoms with Crippen molar-refractivity contribution in [2.24, 2.45) is 5.10 Å². The van der Waals surface area contributed by atoms with E-state index >= 15 is 0 Å². The van der Waals surface area contributed by atoms with E-state index < -0.39 is 0 Å². The second-order valence-electron chi connectivity index (χ2n) is 3.91. The van der Waals surface area contributed by atoms with E-state index in [1.54, 1.807) is 17.6 Å². The number of hydrazone groups is 1. The first-order valence-corrected chi connectivity index (χ1v) is 6.91. The molecule has 0 fully saturated rings. The van der Waals surface area contributed by atoms with Gasteiger partial charge in [0.25, 0.3) is 0 Å². The minimum atomic E-state index is 0.698. The molecule has 0 aliphatic rings. The van der Waals surface area contributed by atoms with Crippen LogP contribution in [0.15, 0.2) is 53.6 Å². The molecule has 2 aromatic carbocycles. The van der Waals surface area contributed by atoms with Crippen LogP contribution in [0.25, 0.3) is 10.2 Å². The Morgan fingerprint density at radius 2 is 2.05 bits per heavy atom. The number of nitrogens with one attached hydrogen (secondary N) is 1. The van der Waals surface area contributed by atoms with Crippen LogP contribution in [0.2, 0.25) is 5.02 Å². The lowest BCUT2D eigenvalue weighted by Crippen LogP contribution is -1.89. The highest BCUT2D eigenvalue weighted by Gasteiger charge is 2.00. The van der Waals surface area contributed by atoms with E-state index in [1.807, 2.05) is 48.5 Å². The van der Waals surface area contributed by atoms with Crippen molar-refractivity contribution in [2.75, 3.05) is 5.43 Å². The second-order valence-corrected chi connectivity index (χ2v) is 5.38. The zero-order valence-corrected chi connectivity index (χ0v) is 11.4. The number of halogens is 1. The molecule has 0 amide bonds. The van der Waals surface area contributed by atoms with Gasteiger partial charge in [0.2, 0.25) is 5.13 Å². The summed E-state index contributed by atoms with van der Waals surface area (Å²) in [6, 6.07) is 15.5. The van der Waals surface area contributed by atoms with Crippen LogP contribution < -0.4 is 5.43 Å². The maximum atomic E-state index is 5.90. The van der Waals surface area contributed by atoms with Gasteiger partial charge in [-0.05, 0) is 29.8 Å². The van der Waals surface area contributed by atoms with Crippen molar-refractivity contribution in [3.8, 4) is 0 Å². The van der Waals surface area contributed by atoms with Crippen LogP contribution in [0.3, 0.4) is 0 Å². The zero-order chi connectivity index (χ0) is 13.1. The predicted molar refractivity (Wildman–Crippen MR) is 82.3 cm³/mol. The van der Waals surface area contributed by atoms with E-state index in [4.69, 9.17) is 11.6 Å². The first-order valence-electron chi connectivity index (χ1n) is 5.71. The summed E-state index contributed by atoms with van der Waals surface area (Å²) in [5, 5.41) is 5.64. The molecule has 0 bridgehead atoms. The van der Waals surface area contributed by atoms with Crippen molar-refractivity contribution in [2.45, 2.75) is 0 Å². The van der Waals surface area contributed by atoms with Crippen molar-refractivity contribution in [1.29, 1.82) is 0 Å². The highest BCUT2D eigenvalue weighted by atomic mass is 35.5. The molecule has 0 saturated carbocycles. The molecule has 0 aliphatic heterocycles. The molecule has 3 nitrogen and oxygen atoms in total. The quantitative estimate of drug-likeness (QED) is 0.573. The number of nitrogens with zero attached hydrogens (tertiary/aromatic N) is 2. The number of anilines is 1. The summed E-state index contributed by atoms with van der Waals surface area (Å²) in [5.41, 5.74) is 4.86. The van der Waals surface area contributed by atoms with E-state index in [0.29, 0.717) is 5.02 Å². The molecule has 5 heteroatoms. The van der Waals surface area contributed by atoms with Gasteiger partial charge in [-0.25, -0.2) is 4.98 Å². The molecule has 94 valence electrons. The molecule has 1 aromatic heterocycles. The Morgan fingerprint density at radius 1 is 1.16 bits per heavy atom. The third-order valence-corrected chi connectivity index (χ3v) is 3.69. The maximum absolute atomic E-state index is 5.90. The molecule has 0 aliphatic carbocycles. The number of hydrogen-bond donors (Lipinski definition) is 1. The summed E-state index contributed by atoms with van der Waals surface area (Å²) in [7, 11) is 0. The number of fused-ring (bicyclic) bond motifs is 1. The lowest BCUT2D eigenvalue weighted by Gasteiger charge is -1.94. The number of rotatable bonds is 3. The number of para-hydroxylation sites is 1. The second kappa shape index (κ2) is 5.38. The molecule has 0 atom stereocenters. The molecular weight excluding hydrogens is 278 g/mol. The minimum absolute atomic E-state index is 0.698. The normalized spacial score (nSPS) is 11.2. The number of hydrogen-bond acceptors (Lipinski definition) is 4. The average Bonchev–Trinajstić information content (AvgIpc) is 2.81. The smallest absolute Gasteiger partial charge is 0.204 e. The molecule has 0 saturated heterocycles. The summed E-state index contributed by atoms with van der Waals surface area (Å²) in [5.74, 6) is 0. The number of benzene rings is 2. The van der Waals surface area contributed by atoms with Crippen molar-refractivity contribution in [1.82, 2.24) is 4.98 Å². The van der Waals surface area contributed by atoms with Crippen molar-refractivity contribution in [3.05, 3.63) is 59.1 Å². The van der Waals surface area contributed by atoms with Crippen LogP contribution >= 0.6 is 22.9 Å². The molecule has 3 aromatic rings. The lowest BCUT2D eigenvalue weighted by molar-refractivity contribution is 1.31. The number of aromatic nitrogens is 1. The molecule has 1 heterocycles. The van der Waals surface area contributed by atoms with Gasteiger partial charge < -0.3 is 0 Å². The molecule has 1 N–H and O–H groups in total. The van der Waals surface area contributed by atoms with Gasteiger partial charge in [0.15, 0.2) is 0 Å². The van der Waals surface area contributed by atoms with E-state index in [-0.39, 0.29) is 0 Å². The fraction of sp³-hybridized carbons (Fsp3) is 0. The van der Waals surface area contributed by atoms with Gasteiger partial charge in [-0.1, -0.05) is 47.2 Å². The van der Waals surface area contributed by atoms with Crippen LogP contribution in [0.4, 0.5) is 5.13 Å². The van der Waals surface area contributed by atoms with Gasteiger partial charge in [-0.3, -0.25) is 5.43 Å². The average molecular weight is 288 g/mol. The number of thiazole rings is 1.